The number of thiocarbonyl (C=S) groups is 1. The summed E-state index contributed by atoms with van der Waals surface area (Å²) in [6, 6.07) is 6.97. The molecule has 0 aliphatic heterocycles. The fraction of sp³-hybridized carbons (Fsp3) is 0.364. The highest BCUT2D eigenvalue weighted by Crippen LogP contribution is 2.26. The number of aliphatic hydroxyl groups excluding tert-OH is 2. The fourth-order valence-electron chi connectivity index (χ4n) is 1.42. The van der Waals surface area contributed by atoms with E-state index in [0.717, 1.165) is 0 Å². The van der Waals surface area contributed by atoms with Crippen LogP contribution in [0.15, 0.2) is 29.3 Å². The lowest BCUT2D eigenvalue weighted by atomic mass is 10.0. The Morgan fingerprint density at radius 1 is 1.44 bits per heavy atom. The van der Waals surface area contributed by atoms with Crippen molar-refractivity contribution >= 4 is 23.1 Å². The molecule has 2 atom stereocenters. The summed E-state index contributed by atoms with van der Waals surface area (Å²) < 4.78 is 0. The molecule has 0 amide bonds. The molecule has 1 aromatic rings. The van der Waals surface area contributed by atoms with E-state index in [1.54, 1.807) is 31.3 Å². The first-order chi connectivity index (χ1) is 7.70. The van der Waals surface area contributed by atoms with Crippen molar-refractivity contribution in [3.63, 3.8) is 0 Å². The van der Waals surface area contributed by atoms with Gasteiger partial charge in [0.05, 0.1) is 17.0 Å². The van der Waals surface area contributed by atoms with Gasteiger partial charge in [0.25, 0.3) is 0 Å². The maximum absolute atomic E-state index is 9.92. The molecule has 16 heavy (non-hydrogen) atoms. The van der Waals surface area contributed by atoms with E-state index in [0.29, 0.717) is 17.8 Å². The summed E-state index contributed by atoms with van der Waals surface area (Å²) in [6.45, 7) is 0.302. The predicted octanol–water partition coefficient (Wildman–Crippen LogP) is 1.03. The highest BCUT2D eigenvalue weighted by atomic mass is 32.1. The van der Waals surface area contributed by atoms with E-state index in [-0.39, 0.29) is 0 Å². The Balaban J connectivity index is 2.97. The lowest BCUT2D eigenvalue weighted by Gasteiger charge is -2.18. The number of benzene rings is 1. The maximum Gasteiger partial charge on any atom is 0.108 e. The standard InChI is InChI=1S/C11H14N2O2S/c1-12-6-10(14)11(15)8-4-2-3-5-9(8)13-7-16/h2-5,10-12,14-15H,6H2,1H3. The minimum absolute atomic E-state index is 0.302. The van der Waals surface area contributed by atoms with Crippen LogP contribution in [0.25, 0.3) is 0 Å². The van der Waals surface area contributed by atoms with Crippen LogP contribution in [-0.4, -0.2) is 35.1 Å². The van der Waals surface area contributed by atoms with E-state index < -0.39 is 12.2 Å². The molecule has 1 aromatic carbocycles. The van der Waals surface area contributed by atoms with Crippen molar-refractivity contribution in [3.05, 3.63) is 29.8 Å². The van der Waals surface area contributed by atoms with Crippen molar-refractivity contribution in [2.75, 3.05) is 13.6 Å². The van der Waals surface area contributed by atoms with Gasteiger partial charge in [-0.15, -0.1) is 0 Å². The number of nitrogens with zero attached hydrogens (tertiary/aromatic N) is 1. The van der Waals surface area contributed by atoms with Crippen LogP contribution in [0.4, 0.5) is 5.69 Å². The fourth-order valence-corrected chi connectivity index (χ4v) is 1.52. The molecule has 1 rings (SSSR count). The monoisotopic (exact) mass is 238 g/mol. The Kier molecular flexibility index (Phi) is 5.25. The molecule has 0 saturated heterocycles. The second-order valence-corrected chi connectivity index (χ2v) is 3.51. The summed E-state index contributed by atoms with van der Waals surface area (Å²) in [5.74, 6) is 0. The first-order valence-corrected chi connectivity index (χ1v) is 5.29. The molecular weight excluding hydrogens is 224 g/mol. The third-order valence-corrected chi connectivity index (χ3v) is 2.29. The topological polar surface area (TPSA) is 64.8 Å². The van der Waals surface area contributed by atoms with Crippen molar-refractivity contribution in [2.24, 2.45) is 4.99 Å². The Labute approximate surface area is 99.6 Å². The van der Waals surface area contributed by atoms with Crippen molar-refractivity contribution in [1.29, 1.82) is 0 Å². The lowest BCUT2D eigenvalue weighted by molar-refractivity contribution is 0.0206. The molecule has 0 spiro atoms. The van der Waals surface area contributed by atoms with Gasteiger partial charge in [0, 0.05) is 12.1 Å². The highest BCUT2D eigenvalue weighted by molar-refractivity contribution is 7.78. The number of para-hydroxylation sites is 1. The van der Waals surface area contributed by atoms with E-state index in [2.05, 4.69) is 27.7 Å². The third-order valence-electron chi connectivity index (χ3n) is 2.20. The molecule has 0 radical (unpaired) electrons. The van der Waals surface area contributed by atoms with E-state index in [1.165, 1.54) is 0 Å². The Morgan fingerprint density at radius 3 is 2.75 bits per heavy atom. The smallest absolute Gasteiger partial charge is 0.108 e. The van der Waals surface area contributed by atoms with Gasteiger partial charge >= 0.3 is 0 Å². The summed E-state index contributed by atoms with van der Waals surface area (Å²) in [7, 11) is 1.71. The molecule has 0 aliphatic rings. The largest absolute Gasteiger partial charge is 0.389 e. The van der Waals surface area contributed by atoms with Crippen molar-refractivity contribution < 1.29 is 10.2 Å². The van der Waals surface area contributed by atoms with Crippen molar-refractivity contribution in [1.82, 2.24) is 5.32 Å². The zero-order valence-electron chi connectivity index (χ0n) is 8.92. The second kappa shape index (κ2) is 6.48. The van der Waals surface area contributed by atoms with Gasteiger partial charge in [-0.1, -0.05) is 18.2 Å². The summed E-state index contributed by atoms with van der Waals surface area (Å²) in [4.78, 5) is 3.84. The van der Waals surface area contributed by atoms with Gasteiger partial charge in [-0.25, -0.2) is 0 Å². The number of nitrogens with one attached hydrogen (secondary N) is 1. The predicted molar refractivity (Wildman–Crippen MR) is 66.0 cm³/mol. The van der Waals surface area contributed by atoms with Crippen LogP contribution in [0, 0.1) is 0 Å². The molecular formula is C11H14N2O2S. The summed E-state index contributed by atoms with van der Waals surface area (Å²) in [6.07, 6.45) is -1.87. The Morgan fingerprint density at radius 2 is 2.12 bits per heavy atom. The summed E-state index contributed by atoms with van der Waals surface area (Å²) >= 11 is 4.52. The zero-order chi connectivity index (χ0) is 12.0. The quantitative estimate of drug-likeness (QED) is 0.529. The van der Waals surface area contributed by atoms with Gasteiger partial charge < -0.3 is 15.5 Å². The first-order valence-electron chi connectivity index (χ1n) is 4.88. The van der Waals surface area contributed by atoms with Crippen LogP contribution in [0.5, 0.6) is 0 Å². The molecule has 4 nitrogen and oxygen atoms in total. The minimum Gasteiger partial charge on any atom is -0.389 e. The van der Waals surface area contributed by atoms with E-state index in [4.69, 9.17) is 0 Å². The molecule has 5 heteroatoms. The summed E-state index contributed by atoms with van der Waals surface area (Å²) in [5.41, 5.74) is 1.07. The van der Waals surface area contributed by atoms with Crippen LogP contribution in [-0.2, 0) is 0 Å². The summed E-state index contributed by atoms with van der Waals surface area (Å²) in [5, 5.41) is 24.6. The minimum atomic E-state index is -0.990. The number of rotatable bonds is 5. The molecule has 0 aliphatic carbocycles. The third kappa shape index (κ3) is 3.20. The molecule has 0 fully saturated rings. The maximum atomic E-state index is 9.92. The molecule has 0 heterocycles. The van der Waals surface area contributed by atoms with Crippen molar-refractivity contribution in [2.45, 2.75) is 12.2 Å². The number of isothiocyanates is 1. The average Bonchev–Trinajstić information content (AvgIpc) is 2.29. The Hall–Kier alpha value is -1.10. The van der Waals surface area contributed by atoms with Crippen molar-refractivity contribution in [3.8, 4) is 0 Å². The van der Waals surface area contributed by atoms with Crippen LogP contribution >= 0.6 is 12.2 Å². The highest BCUT2D eigenvalue weighted by Gasteiger charge is 2.19. The van der Waals surface area contributed by atoms with Gasteiger partial charge in [0.2, 0.25) is 0 Å². The number of aliphatic hydroxyl groups is 2. The first kappa shape index (κ1) is 13.0. The molecule has 2 unspecified atom stereocenters. The van der Waals surface area contributed by atoms with Gasteiger partial charge in [-0.3, -0.25) is 0 Å². The molecule has 0 bridgehead atoms. The normalized spacial score (nSPS) is 13.9. The molecule has 3 N–H and O–H groups in total. The second-order valence-electron chi connectivity index (χ2n) is 3.33. The lowest BCUT2D eigenvalue weighted by Crippen LogP contribution is -2.29. The van der Waals surface area contributed by atoms with Crippen LogP contribution in [0.2, 0.25) is 0 Å². The number of likely N-dealkylation sites (N-methyl/N-ethyl adjacent to an activating group) is 1. The number of hydrogen-bond acceptors (Lipinski definition) is 5. The Bertz CT molecular complexity index is 391. The van der Waals surface area contributed by atoms with Gasteiger partial charge in [0.1, 0.15) is 6.10 Å². The van der Waals surface area contributed by atoms with E-state index in [9.17, 15) is 10.2 Å². The van der Waals surface area contributed by atoms with E-state index in [1.807, 2.05) is 0 Å². The number of hydrogen-bond donors (Lipinski definition) is 3. The van der Waals surface area contributed by atoms with Crippen LogP contribution in [0.3, 0.4) is 0 Å². The van der Waals surface area contributed by atoms with Gasteiger partial charge in [-0.05, 0) is 25.3 Å². The van der Waals surface area contributed by atoms with Crippen LogP contribution < -0.4 is 5.32 Å². The zero-order valence-corrected chi connectivity index (χ0v) is 9.74. The molecule has 0 saturated carbocycles. The SMILES string of the molecule is CNCC(O)C(O)c1ccccc1N=C=S. The van der Waals surface area contributed by atoms with Gasteiger partial charge in [0.15, 0.2) is 0 Å². The molecule has 86 valence electrons. The average molecular weight is 238 g/mol. The van der Waals surface area contributed by atoms with E-state index >= 15 is 0 Å². The molecule has 0 aromatic heterocycles. The number of aliphatic imine (C=N–C) groups is 1. The van der Waals surface area contributed by atoms with Crippen LogP contribution in [0.1, 0.15) is 11.7 Å². The van der Waals surface area contributed by atoms with Gasteiger partial charge in [-0.2, -0.15) is 4.99 Å².